The van der Waals surface area contributed by atoms with Gasteiger partial charge in [0.25, 0.3) is 11.8 Å². The van der Waals surface area contributed by atoms with E-state index in [9.17, 15) is 14.4 Å². The first kappa shape index (κ1) is 18.3. The predicted molar refractivity (Wildman–Crippen MR) is 89.8 cm³/mol. The zero-order valence-corrected chi connectivity index (χ0v) is 14.1. The molecular weight excluding hydrogens is 332 g/mol. The fourth-order valence-corrected chi connectivity index (χ4v) is 2.79. The molecule has 1 aromatic carbocycles. The highest BCUT2D eigenvalue weighted by Crippen LogP contribution is 2.17. The molecule has 24 heavy (non-hydrogen) atoms. The molecular formula is C17H21ClN2O4. The molecule has 2 N–H and O–H groups in total. The van der Waals surface area contributed by atoms with Gasteiger partial charge in [0.1, 0.15) is 6.54 Å². The molecule has 0 radical (unpaired) electrons. The van der Waals surface area contributed by atoms with Crippen molar-refractivity contribution in [3.63, 3.8) is 0 Å². The van der Waals surface area contributed by atoms with Crippen LogP contribution in [0, 0.1) is 0 Å². The van der Waals surface area contributed by atoms with Gasteiger partial charge in [-0.25, -0.2) is 0 Å². The third kappa shape index (κ3) is 6.20. The maximum absolute atomic E-state index is 11.8. The van der Waals surface area contributed by atoms with Crippen molar-refractivity contribution in [3.8, 4) is 0 Å². The maximum atomic E-state index is 11.8. The second-order valence-corrected chi connectivity index (χ2v) is 6.19. The first-order chi connectivity index (χ1) is 11.5. The summed E-state index contributed by atoms with van der Waals surface area (Å²) in [4.78, 5) is 35.2. The normalized spacial score (nSPS) is 14.7. The van der Waals surface area contributed by atoms with E-state index >= 15 is 0 Å². The quantitative estimate of drug-likeness (QED) is 0.767. The molecule has 0 atom stereocenters. The minimum Gasteiger partial charge on any atom is -0.454 e. The van der Waals surface area contributed by atoms with Crippen LogP contribution in [-0.4, -0.2) is 37.0 Å². The smallest absolute Gasteiger partial charge is 0.325 e. The molecule has 2 rings (SSSR count). The third-order valence-corrected chi connectivity index (χ3v) is 4.05. The molecule has 0 aliphatic heterocycles. The Balaban J connectivity index is 1.65. The Hall–Kier alpha value is -2.08. The molecule has 0 bridgehead atoms. The number of benzene rings is 1. The summed E-state index contributed by atoms with van der Waals surface area (Å²) in [7, 11) is 0. The zero-order valence-electron chi connectivity index (χ0n) is 13.3. The van der Waals surface area contributed by atoms with E-state index in [1.54, 1.807) is 18.2 Å². The molecule has 1 fully saturated rings. The summed E-state index contributed by atoms with van der Waals surface area (Å²) >= 11 is 5.80. The molecule has 6 nitrogen and oxygen atoms in total. The lowest BCUT2D eigenvalue weighted by Gasteiger charge is -2.22. The van der Waals surface area contributed by atoms with Gasteiger partial charge in [-0.15, -0.1) is 0 Å². The van der Waals surface area contributed by atoms with E-state index in [0.717, 1.165) is 25.7 Å². The standard InChI is InChI=1S/C17H21ClN2O4/c18-13-6-4-5-12(9-13)17(23)19-10-16(22)24-11-15(21)20-14-7-2-1-3-8-14/h4-6,9,14H,1-3,7-8,10-11H2,(H,19,23)(H,20,21). The lowest BCUT2D eigenvalue weighted by Crippen LogP contribution is -2.39. The van der Waals surface area contributed by atoms with Crippen LogP contribution in [0.15, 0.2) is 24.3 Å². The second kappa shape index (κ2) is 9.27. The van der Waals surface area contributed by atoms with Gasteiger partial charge in [0.15, 0.2) is 6.61 Å². The molecule has 0 aromatic heterocycles. The van der Waals surface area contributed by atoms with Crippen LogP contribution in [0.25, 0.3) is 0 Å². The minimum absolute atomic E-state index is 0.174. The Bertz CT molecular complexity index is 600. The van der Waals surface area contributed by atoms with E-state index in [1.807, 2.05) is 0 Å². The number of ether oxygens (including phenoxy) is 1. The monoisotopic (exact) mass is 352 g/mol. The van der Waals surface area contributed by atoms with E-state index < -0.39 is 11.9 Å². The van der Waals surface area contributed by atoms with Gasteiger partial charge in [0, 0.05) is 16.6 Å². The van der Waals surface area contributed by atoms with Crippen molar-refractivity contribution < 1.29 is 19.1 Å². The first-order valence-corrected chi connectivity index (χ1v) is 8.41. The minimum atomic E-state index is -0.663. The molecule has 2 amide bonds. The SMILES string of the molecule is O=C(COC(=O)CNC(=O)c1cccc(Cl)c1)NC1CCCCC1. The van der Waals surface area contributed by atoms with E-state index in [4.69, 9.17) is 16.3 Å². The predicted octanol–water partition coefficient (Wildman–Crippen LogP) is 2.06. The number of hydrogen-bond acceptors (Lipinski definition) is 4. The van der Waals surface area contributed by atoms with Gasteiger partial charge in [0.2, 0.25) is 0 Å². The van der Waals surface area contributed by atoms with Crippen LogP contribution in [0.1, 0.15) is 42.5 Å². The number of nitrogens with one attached hydrogen (secondary N) is 2. The van der Waals surface area contributed by atoms with Crippen LogP contribution < -0.4 is 10.6 Å². The Labute approximate surface area is 145 Å². The maximum Gasteiger partial charge on any atom is 0.325 e. The van der Waals surface area contributed by atoms with E-state index in [-0.39, 0.29) is 25.1 Å². The van der Waals surface area contributed by atoms with Crippen LogP contribution in [0.3, 0.4) is 0 Å². The third-order valence-electron chi connectivity index (χ3n) is 3.81. The summed E-state index contributed by atoms with van der Waals surface area (Å²) in [5.74, 6) is -1.40. The molecule has 0 unspecified atom stereocenters. The van der Waals surface area contributed by atoms with Crippen molar-refractivity contribution in [1.82, 2.24) is 10.6 Å². The lowest BCUT2D eigenvalue weighted by atomic mass is 9.95. The Morgan fingerprint density at radius 1 is 1.17 bits per heavy atom. The molecule has 1 aromatic rings. The summed E-state index contributed by atoms with van der Waals surface area (Å²) in [6.07, 6.45) is 5.36. The molecule has 7 heteroatoms. The van der Waals surface area contributed by atoms with Crippen molar-refractivity contribution >= 4 is 29.4 Å². The highest BCUT2D eigenvalue weighted by Gasteiger charge is 2.17. The van der Waals surface area contributed by atoms with Crippen molar-refractivity contribution in [2.45, 2.75) is 38.1 Å². The molecule has 0 spiro atoms. The van der Waals surface area contributed by atoms with Crippen LogP contribution in [0.5, 0.6) is 0 Å². The summed E-state index contributed by atoms with van der Waals surface area (Å²) in [5, 5.41) is 5.72. The number of hydrogen-bond donors (Lipinski definition) is 2. The van der Waals surface area contributed by atoms with Gasteiger partial charge in [-0.05, 0) is 31.0 Å². The average Bonchev–Trinajstić information content (AvgIpc) is 2.58. The van der Waals surface area contributed by atoms with Gasteiger partial charge in [0.05, 0.1) is 0 Å². The first-order valence-electron chi connectivity index (χ1n) is 8.03. The highest BCUT2D eigenvalue weighted by molar-refractivity contribution is 6.30. The topological polar surface area (TPSA) is 84.5 Å². The Morgan fingerprint density at radius 3 is 2.62 bits per heavy atom. The molecule has 1 saturated carbocycles. The molecule has 1 aliphatic carbocycles. The summed E-state index contributed by atoms with van der Waals surface area (Å²) < 4.78 is 4.86. The molecule has 1 aliphatic rings. The van der Waals surface area contributed by atoms with Crippen LogP contribution >= 0.6 is 11.6 Å². The number of rotatable bonds is 6. The Kier molecular flexibility index (Phi) is 7.06. The van der Waals surface area contributed by atoms with Crippen LogP contribution in [0.2, 0.25) is 5.02 Å². The van der Waals surface area contributed by atoms with Crippen molar-refractivity contribution in [2.75, 3.05) is 13.2 Å². The molecule has 0 heterocycles. The van der Waals surface area contributed by atoms with Crippen molar-refractivity contribution in [3.05, 3.63) is 34.9 Å². The molecule has 0 saturated heterocycles. The summed E-state index contributed by atoms with van der Waals surface area (Å²) in [6.45, 7) is -0.634. The number of halogens is 1. The number of carbonyl (C=O) groups is 3. The number of esters is 1. The van der Waals surface area contributed by atoms with E-state index in [0.29, 0.717) is 10.6 Å². The van der Waals surface area contributed by atoms with Gasteiger partial charge in [-0.1, -0.05) is 36.9 Å². The average molecular weight is 353 g/mol. The fraction of sp³-hybridized carbons (Fsp3) is 0.471. The van der Waals surface area contributed by atoms with Gasteiger partial charge in [-0.2, -0.15) is 0 Å². The fourth-order valence-electron chi connectivity index (χ4n) is 2.60. The van der Waals surface area contributed by atoms with Crippen molar-refractivity contribution in [2.24, 2.45) is 0 Å². The lowest BCUT2D eigenvalue weighted by molar-refractivity contribution is -0.147. The number of amides is 2. The zero-order chi connectivity index (χ0) is 17.4. The van der Waals surface area contributed by atoms with Crippen LogP contribution in [-0.2, 0) is 14.3 Å². The van der Waals surface area contributed by atoms with Crippen molar-refractivity contribution in [1.29, 1.82) is 0 Å². The Morgan fingerprint density at radius 2 is 1.92 bits per heavy atom. The largest absolute Gasteiger partial charge is 0.454 e. The molecule has 130 valence electrons. The summed E-state index contributed by atoms with van der Waals surface area (Å²) in [5.41, 5.74) is 0.352. The van der Waals surface area contributed by atoms with E-state index in [1.165, 1.54) is 12.5 Å². The van der Waals surface area contributed by atoms with Crippen LogP contribution in [0.4, 0.5) is 0 Å². The second-order valence-electron chi connectivity index (χ2n) is 5.76. The summed E-state index contributed by atoms with van der Waals surface area (Å²) in [6, 6.07) is 6.56. The van der Waals surface area contributed by atoms with E-state index in [2.05, 4.69) is 10.6 Å². The van der Waals surface area contributed by atoms with Gasteiger partial charge in [-0.3, -0.25) is 14.4 Å². The highest BCUT2D eigenvalue weighted by atomic mass is 35.5. The van der Waals surface area contributed by atoms with Gasteiger partial charge < -0.3 is 15.4 Å². The van der Waals surface area contributed by atoms with Gasteiger partial charge >= 0.3 is 5.97 Å². The number of carbonyl (C=O) groups excluding carboxylic acids is 3.